The van der Waals surface area contributed by atoms with Gasteiger partial charge in [-0.2, -0.15) is 0 Å². The van der Waals surface area contributed by atoms with Gasteiger partial charge in [0.2, 0.25) is 10.4 Å². The summed E-state index contributed by atoms with van der Waals surface area (Å²) >= 11 is 0. The summed E-state index contributed by atoms with van der Waals surface area (Å²) in [5.74, 6) is -1.12. The first kappa shape index (κ1) is 36.1. The van der Waals surface area contributed by atoms with Crippen LogP contribution in [-0.4, -0.2) is 85.8 Å². The van der Waals surface area contributed by atoms with Gasteiger partial charge in [0.15, 0.2) is 0 Å². The van der Waals surface area contributed by atoms with Crippen molar-refractivity contribution in [3.8, 4) is 0 Å². The molecule has 6 N–H and O–H groups in total. The topological polar surface area (TPSA) is 188 Å². The summed E-state index contributed by atoms with van der Waals surface area (Å²) in [7, 11) is -4.74. The molecule has 4 fully saturated rings. The van der Waals surface area contributed by atoms with Crippen molar-refractivity contribution >= 4 is 10.4 Å². The minimum absolute atomic E-state index is 0. The van der Waals surface area contributed by atoms with Crippen LogP contribution < -0.4 is 29.6 Å². The van der Waals surface area contributed by atoms with E-state index in [0.717, 1.165) is 6.42 Å². The minimum atomic E-state index is -4.74. The van der Waals surface area contributed by atoms with Crippen molar-refractivity contribution in [2.75, 3.05) is 6.61 Å². The van der Waals surface area contributed by atoms with Gasteiger partial charge in [-0.25, -0.2) is 8.42 Å². The molecule has 0 heterocycles. The van der Waals surface area contributed by atoms with E-state index >= 15 is 0 Å². The van der Waals surface area contributed by atoms with Crippen molar-refractivity contribution in [2.45, 2.75) is 128 Å². The summed E-state index contributed by atoms with van der Waals surface area (Å²) in [6.45, 7) is 9.85. The molecular formula is C29H51NaO10S. The fraction of sp³-hybridized carbons (Fsp3) is 1.00. The van der Waals surface area contributed by atoms with Crippen LogP contribution in [0.25, 0.3) is 0 Å². The average Bonchev–Trinajstić information content (AvgIpc) is 3.02. The molecule has 4 rings (SSSR count). The van der Waals surface area contributed by atoms with E-state index in [1.165, 1.54) is 0 Å². The van der Waals surface area contributed by atoms with Gasteiger partial charge in [-0.1, -0.05) is 41.0 Å². The fourth-order valence-electron chi connectivity index (χ4n) is 10.3. The van der Waals surface area contributed by atoms with Crippen molar-refractivity contribution in [1.82, 2.24) is 0 Å². The summed E-state index contributed by atoms with van der Waals surface area (Å²) in [5, 5.41) is 68.7. The molecular weight excluding hydrogens is 563 g/mol. The normalized spacial score (nSPS) is 47.6. The van der Waals surface area contributed by atoms with Gasteiger partial charge in [0.25, 0.3) is 0 Å². The third-order valence-electron chi connectivity index (χ3n) is 12.3. The molecule has 0 bridgehead atoms. The zero-order valence-electron chi connectivity index (χ0n) is 25.6. The third-order valence-corrected chi connectivity index (χ3v) is 12.7. The summed E-state index contributed by atoms with van der Waals surface area (Å²) in [5.41, 5.74) is -4.49. The number of aliphatic hydroxyl groups is 6. The molecule has 0 spiro atoms. The second kappa shape index (κ2) is 12.4. The quantitative estimate of drug-likeness (QED) is 0.104. The molecule has 0 radical (unpaired) electrons. The second-order valence-corrected chi connectivity index (χ2v) is 15.7. The van der Waals surface area contributed by atoms with Crippen molar-refractivity contribution in [3.05, 3.63) is 0 Å². The number of rotatable bonds is 9. The van der Waals surface area contributed by atoms with E-state index in [1.807, 2.05) is 34.6 Å². The van der Waals surface area contributed by atoms with E-state index < -0.39 is 68.7 Å². The summed E-state index contributed by atoms with van der Waals surface area (Å²) in [4.78, 5) is 0. The molecule has 1 unspecified atom stereocenters. The fourth-order valence-corrected chi connectivity index (χ4v) is 10.6. The first-order valence-electron chi connectivity index (χ1n) is 15.1. The molecule has 12 heteroatoms. The molecule has 0 amide bonds. The maximum Gasteiger partial charge on any atom is 1.00 e. The molecule has 10 nitrogen and oxygen atoms in total. The van der Waals surface area contributed by atoms with E-state index in [1.54, 1.807) is 0 Å². The summed E-state index contributed by atoms with van der Waals surface area (Å²) in [6, 6.07) is 0. The van der Waals surface area contributed by atoms with Crippen molar-refractivity contribution < 1.29 is 77.4 Å². The summed E-state index contributed by atoms with van der Waals surface area (Å²) < 4.78 is 37.0. The SMILES string of the molecule is CC(C)C(CCOS(=O)(=O)[O-])CC[C@@H](C)[C@H]1[C@@H](O)[C@H](O)[C@@H]2[C@]1(C)CC[C@H]1[C@@]2(O)C[C@@H](O)[C@@]2(O)C[C@@H](O)CC[C@]12C.[Na+]. The Morgan fingerprint density at radius 2 is 1.56 bits per heavy atom. The second-order valence-electron chi connectivity index (χ2n) is 14.6. The Bertz CT molecular complexity index is 1030. The van der Waals surface area contributed by atoms with Crippen LogP contribution in [0.3, 0.4) is 0 Å². The largest absolute Gasteiger partial charge is 1.00 e. The Kier molecular flexibility index (Phi) is 11.0. The van der Waals surface area contributed by atoms with E-state index in [0.29, 0.717) is 38.5 Å². The van der Waals surface area contributed by atoms with Gasteiger partial charge < -0.3 is 35.2 Å². The van der Waals surface area contributed by atoms with Gasteiger partial charge in [0, 0.05) is 24.2 Å². The average molecular weight is 615 g/mol. The van der Waals surface area contributed by atoms with Crippen LogP contribution in [0.2, 0.25) is 0 Å². The Morgan fingerprint density at radius 3 is 2.15 bits per heavy atom. The number of hydrogen-bond donors (Lipinski definition) is 6. The third kappa shape index (κ3) is 6.11. The molecule has 0 aromatic carbocycles. The molecule has 0 aromatic rings. The van der Waals surface area contributed by atoms with Gasteiger partial charge >= 0.3 is 29.6 Å². The van der Waals surface area contributed by atoms with Gasteiger partial charge in [0.1, 0.15) is 0 Å². The maximum absolute atomic E-state index is 12.4. The zero-order chi connectivity index (χ0) is 30.1. The molecule has 4 saturated carbocycles. The molecule has 234 valence electrons. The standard InChI is InChI=1S/C29H52O10S.Na/c1-16(2)18(10-13-39-40(36,37)38)7-6-17(3)22-23(32)24(33)25-26(22,4)11-9-20-27(5)12-8-19(30)14-29(27,35)21(31)15-28(20,25)34;/h16-25,30-35H,6-15H2,1-5H3,(H,36,37,38);/q;+1/p-1/t17-,18?,19+,20-,21-,22+,23-,24+,25-,26-,27-,28+,29+;/m1./s1. The first-order chi connectivity index (χ1) is 18.3. The Labute approximate surface area is 267 Å². The van der Waals surface area contributed by atoms with Crippen LogP contribution >= 0.6 is 0 Å². The Hall–Kier alpha value is 0.630. The molecule has 0 aliphatic heterocycles. The summed E-state index contributed by atoms with van der Waals surface area (Å²) in [6.07, 6.45) is -0.376. The van der Waals surface area contributed by atoms with Gasteiger partial charge in [-0.05, 0) is 73.5 Å². The van der Waals surface area contributed by atoms with E-state index in [2.05, 4.69) is 4.18 Å². The van der Waals surface area contributed by atoms with Crippen LogP contribution in [0.15, 0.2) is 0 Å². The number of fused-ring (bicyclic) bond motifs is 5. The molecule has 4 aliphatic carbocycles. The Balaban J connectivity index is 0.00000462. The molecule has 41 heavy (non-hydrogen) atoms. The monoisotopic (exact) mass is 614 g/mol. The Morgan fingerprint density at radius 1 is 0.927 bits per heavy atom. The van der Waals surface area contributed by atoms with Crippen LogP contribution in [-0.2, 0) is 14.6 Å². The van der Waals surface area contributed by atoms with Crippen LogP contribution in [0.1, 0.15) is 92.4 Å². The van der Waals surface area contributed by atoms with E-state index in [4.69, 9.17) is 0 Å². The zero-order valence-corrected chi connectivity index (χ0v) is 28.4. The molecule has 13 atom stereocenters. The smallest absolute Gasteiger partial charge is 0.726 e. The van der Waals surface area contributed by atoms with Gasteiger partial charge in [-0.3, -0.25) is 4.18 Å². The van der Waals surface area contributed by atoms with Crippen molar-refractivity contribution in [1.29, 1.82) is 0 Å². The molecule has 0 aromatic heterocycles. The molecule has 0 saturated heterocycles. The van der Waals surface area contributed by atoms with E-state index in [-0.39, 0.29) is 72.7 Å². The predicted octanol–water partition coefficient (Wildman–Crippen LogP) is -1.29. The van der Waals surface area contributed by atoms with Gasteiger partial charge in [0.05, 0.1) is 42.2 Å². The van der Waals surface area contributed by atoms with Crippen LogP contribution in [0.4, 0.5) is 0 Å². The van der Waals surface area contributed by atoms with Crippen molar-refractivity contribution in [3.63, 3.8) is 0 Å². The predicted molar refractivity (Wildman–Crippen MR) is 145 cm³/mol. The first-order valence-corrected chi connectivity index (χ1v) is 16.4. The van der Waals surface area contributed by atoms with Crippen LogP contribution in [0.5, 0.6) is 0 Å². The maximum atomic E-state index is 12.4. The van der Waals surface area contributed by atoms with E-state index in [9.17, 15) is 43.6 Å². The minimum Gasteiger partial charge on any atom is -0.726 e. The van der Waals surface area contributed by atoms with Crippen LogP contribution in [0, 0.1) is 46.3 Å². The van der Waals surface area contributed by atoms with Crippen molar-refractivity contribution in [2.24, 2.45) is 46.3 Å². The molecule has 4 aliphatic rings. The van der Waals surface area contributed by atoms with Gasteiger partial charge in [-0.15, -0.1) is 0 Å². The number of aliphatic hydroxyl groups excluding tert-OH is 4. The number of hydrogen-bond acceptors (Lipinski definition) is 10.